The van der Waals surface area contributed by atoms with Gasteiger partial charge in [0.05, 0.1) is 0 Å². The summed E-state index contributed by atoms with van der Waals surface area (Å²) in [6.07, 6.45) is -14.5. The van der Waals surface area contributed by atoms with Crippen LogP contribution >= 0.6 is 0 Å². The standard InChI is InChI=1S/C6H2F8O2/c7-1(3(8)9)2(15)5(10,11)4(16)6(12,13)14/h1,3H. The second-order valence-electron chi connectivity index (χ2n) is 2.50. The predicted molar refractivity (Wildman–Crippen MR) is 31.9 cm³/mol. The lowest BCUT2D eigenvalue weighted by atomic mass is 10.1. The molecule has 0 aromatic heterocycles. The summed E-state index contributed by atoms with van der Waals surface area (Å²) in [4.78, 5) is 20.1. The molecule has 0 saturated carbocycles. The number of alkyl halides is 8. The highest BCUT2D eigenvalue weighted by molar-refractivity contribution is 6.12. The van der Waals surface area contributed by atoms with Crippen molar-refractivity contribution in [2.45, 2.75) is 24.7 Å². The molecular formula is C6H2F8O2. The van der Waals surface area contributed by atoms with E-state index >= 15 is 0 Å². The normalized spacial score (nSPS) is 15.1. The molecule has 0 radical (unpaired) electrons. The van der Waals surface area contributed by atoms with Gasteiger partial charge in [0.15, 0.2) is 0 Å². The summed E-state index contributed by atoms with van der Waals surface area (Å²) in [6.45, 7) is 0. The Morgan fingerprint density at radius 2 is 1.25 bits per heavy atom. The van der Waals surface area contributed by atoms with Crippen LogP contribution in [-0.2, 0) is 9.59 Å². The van der Waals surface area contributed by atoms with Crippen LogP contribution in [0.25, 0.3) is 0 Å². The minimum atomic E-state index is -6.12. The van der Waals surface area contributed by atoms with Crippen LogP contribution in [0.15, 0.2) is 0 Å². The molecule has 94 valence electrons. The SMILES string of the molecule is O=C(C(F)C(F)F)C(F)(F)C(=O)C(F)(F)F. The molecule has 0 saturated heterocycles. The van der Waals surface area contributed by atoms with E-state index in [1.165, 1.54) is 0 Å². The molecule has 1 unspecified atom stereocenters. The highest BCUT2D eigenvalue weighted by Crippen LogP contribution is 2.30. The lowest BCUT2D eigenvalue weighted by Crippen LogP contribution is -2.50. The molecule has 0 aliphatic heterocycles. The summed E-state index contributed by atoms with van der Waals surface area (Å²) in [5, 5.41) is 0. The van der Waals surface area contributed by atoms with Crippen LogP contribution in [0.1, 0.15) is 0 Å². The Labute approximate surface area is 82.2 Å². The van der Waals surface area contributed by atoms with Crippen molar-refractivity contribution in [3.05, 3.63) is 0 Å². The van der Waals surface area contributed by atoms with Crippen molar-refractivity contribution in [1.82, 2.24) is 0 Å². The number of Topliss-reactive ketones (excluding diaryl/α,β-unsaturated/α-hetero) is 2. The second kappa shape index (κ2) is 4.34. The van der Waals surface area contributed by atoms with Gasteiger partial charge in [0, 0.05) is 0 Å². The number of hydrogen-bond acceptors (Lipinski definition) is 2. The van der Waals surface area contributed by atoms with Gasteiger partial charge in [-0.3, -0.25) is 9.59 Å². The van der Waals surface area contributed by atoms with E-state index < -0.39 is 36.3 Å². The topological polar surface area (TPSA) is 34.1 Å². The largest absolute Gasteiger partial charge is 0.456 e. The summed E-state index contributed by atoms with van der Waals surface area (Å²) in [6, 6.07) is 0. The average molecular weight is 258 g/mol. The zero-order valence-electron chi connectivity index (χ0n) is 6.99. The smallest absolute Gasteiger partial charge is 0.289 e. The number of ketones is 2. The van der Waals surface area contributed by atoms with Crippen LogP contribution in [0.3, 0.4) is 0 Å². The van der Waals surface area contributed by atoms with Gasteiger partial charge in [-0.2, -0.15) is 22.0 Å². The fourth-order valence-electron chi connectivity index (χ4n) is 0.578. The maximum Gasteiger partial charge on any atom is 0.456 e. The van der Waals surface area contributed by atoms with Gasteiger partial charge < -0.3 is 0 Å². The number of hydrogen-bond donors (Lipinski definition) is 0. The Kier molecular flexibility index (Phi) is 4.01. The molecule has 0 rings (SSSR count). The first-order chi connectivity index (χ1) is 6.92. The molecule has 0 amide bonds. The van der Waals surface area contributed by atoms with Crippen molar-refractivity contribution in [3.63, 3.8) is 0 Å². The Morgan fingerprint density at radius 3 is 1.50 bits per heavy atom. The fraction of sp³-hybridized carbons (Fsp3) is 0.667. The molecule has 2 nitrogen and oxygen atoms in total. The van der Waals surface area contributed by atoms with Gasteiger partial charge in [-0.15, -0.1) is 0 Å². The molecule has 0 aliphatic carbocycles. The van der Waals surface area contributed by atoms with Crippen LogP contribution in [0.5, 0.6) is 0 Å². The summed E-state index contributed by atoms with van der Waals surface area (Å²) in [5.41, 5.74) is 0. The zero-order chi connectivity index (χ0) is 13.3. The Balaban J connectivity index is 5.08. The average Bonchev–Trinajstić information content (AvgIpc) is 2.12. The van der Waals surface area contributed by atoms with Crippen LogP contribution in [0, 0.1) is 0 Å². The second-order valence-corrected chi connectivity index (χ2v) is 2.50. The predicted octanol–water partition coefficient (Wildman–Crippen LogP) is 1.93. The molecular weight excluding hydrogens is 256 g/mol. The first kappa shape index (κ1) is 14.8. The van der Waals surface area contributed by atoms with Gasteiger partial charge in [-0.1, -0.05) is 0 Å². The van der Waals surface area contributed by atoms with Crippen molar-refractivity contribution >= 4 is 11.6 Å². The fourth-order valence-corrected chi connectivity index (χ4v) is 0.578. The lowest BCUT2D eigenvalue weighted by Gasteiger charge is -2.16. The molecule has 1 atom stereocenters. The highest BCUT2D eigenvalue weighted by atomic mass is 19.4. The van der Waals surface area contributed by atoms with Gasteiger partial charge >= 0.3 is 17.9 Å². The molecule has 0 spiro atoms. The number of carbonyl (C=O) groups excluding carboxylic acids is 2. The number of carbonyl (C=O) groups is 2. The Morgan fingerprint density at radius 1 is 0.875 bits per heavy atom. The molecule has 0 aliphatic rings. The molecule has 0 fully saturated rings. The van der Waals surface area contributed by atoms with E-state index in [-0.39, 0.29) is 0 Å². The van der Waals surface area contributed by atoms with E-state index in [2.05, 4.69) is 0 Å². The van der Waals surface area contributed by atoms with Gasteiger partial charge in [-0.25, -0.2) is 13.2 Å². The van der Waals surface area contributed by atoms with Crippen molar-refractivity contribution in [3.8, 4) is 0 Å². The molecule has 0 bridgehead atoms. The van der Waals surface area contributed by atoms with E-state index in [1.807, 2.05) is 0 Å². The summed E-state index contributed by atoms with van der Waals surface area (Å²) < 4.78 is 94.0. The quantitative estimate of drug-likeness (QED) is 0.570. The molecule has 16 heavy (non-hydrogen) atoms. The van der Waals surface area contributed by atoms with Gasteiger partial charge in [0.25, 0.3) is 6.43 Å². The van der Waals surface area contributed by atoms with Crippen LogP contribution in [-0.4, -0.2) is 36.3 Å². The molecule has 0 aromatic rings. The van der Waals surface area contributed by atoms with Crippen LogP contribution in [0.2, 0.25) is 0 Å². The van der Waals surface area contributed by atoms with E-state index in [9.17, 15) is 44.7 Å². The third-order valence-electron chi connectivity index (χ3n) is 1.32. The molecule has 10 heteroatoms. The van der Waals surface area contributed by atoms with Crippen LogP contribution in [0.4, 0.5) is 35.1 Å². The third-order valence-corrected chi connectivity index (χ3v) is 1.32. The highest BCUT2D eigenvalue weighted by Gasteiger charge is 2.62. The van der Waals surface area contributed by atoms with Gasteiger partial charge in [0.1, 0.15) is 0 Å². The molecule has 0 N–H and O–H groups in total. The van der Waals surface area contributed by atoms with Crippen molar-refractivity contribution in [2.24, 2.45) is 0 Å². The van der Waals surface area contributed by atoms with E-state index in [0.717, 1.165) is 0 Å². The summed E-state index contributed by atoms with van der Waals surface area (Å²) >= 11 is 0. The third kappa shape index (κ3) is 2.89. The lowest BCUT2D eigenvalue weighted by molar-refractivity contribution is -0.198. The van der Waals surface area contributed by atoms with Gasteiger partial charge in [0.2, 0.25) is 12.0 Å². The minimum absolute atomic E-state index is 3.41. The van der Waals surface area contributed by atoms with Crippen molar-refractivity contribution in [2.75, 3.05) is 0 Å². The first-order valence-electron chi connectivity index (χ1n) is 3.38. The zero-order valence-corrected chi connectivity index (χ0v) is 6.99. The maximum absolute atomic E-state index is 12.3. The Bertz CT molecular complexity index is 293. The number of rotatable bonds is 4. The van der Waals surface area contributed by atoms with Gasteiger partial charge in [-0.05, 0) is 0 Å². The van der Waals surface area contributed by atoms with E-state index in [0.29, 0.717) is 0 Å². The first-order valence-corrected chi connectivity index (χ1v) is 3.38. The maximum atomic E-state index is 12.3. The molecule has 0 aromatic carbocycles. The number of halogens is 8. The van der Waals surface area contributed by atoms with Crippen LogP contribution < -0.4 is 0 Å². The van der Waals surface area contributed by atoms with E-state index in [4.69, 9.17) is 0 Å². The minimum Gasteiger partial charge on any atom is -0.289 e. The van der Waals surface area contributed by atoms with Crippen molar-refractivity contribution < 1.29 is 44.7 Å². The monoisotopic (exact) mass is 258 g/mol. The van der Waals surface area contributed by atoms with Crippen molar-refractivity contribution in [1.29, 1.82) is 0 Å². The summed E-state index contributed by atoms with van der Waals surface area (Å²) in [5.74, 6) is -13.1. The summed E-state index contributed by atoms with van der Waals surface area (Å²) in [7, 11) is 0. The van der Waals surface area contributed by atoms with E-state index in [1.54, 1.807) is 0 Å². The molecule has 0 heterocycles. The Hall–Kier alpha value is -1.22.